The molecule has 0 saturated heterocycles. The van der Waals surface area contributed by atoms with Crippen LogP contribution in [0.5, 0.6) is 11.6 Å². The third kappa shape index (κ3) is 6.12. The van der Waals surface area contributed by atoms with E-state index in [2.05, 4.69) is 15.1 Å². The minimum Gasteiger partial charge on any atom is -0.486 e. The number of aryl methyl sites for hydroxylation is 1. The summed E-state index contributed by atoms with van der Waals surface area (Å²) in [6.45, 7) is 7.05. The fourth-order valence-corrected chi connectivity index (χ4v) is 4.67. The number of nitrogens with zero attached hydrogens (tertiary/aromatic N) is 3. The molecule has 0 amide bonds. The molecule has 9 heteroatoms. The molecule has 1 fully saturated rings. The normalized spacial score (nSPS) is 14.1. The zero-order valence-electron chi connectivity index (χ0n) is 20.7. The van der Waals surface area contributed by atoms with E-state index in [9.17, 15) is 0 Å². The fourth-order valence-electron chi connectivity index (χ4n) is 4.35. The van der Waals surface area contributed by atoms with E-state index in [4.69, 9.17) is 35.1 Å². The van der Waals surface area contributed by atoms with Crippen molar-refractivity contribution in [2.24, 2.45) is 0 Å². The molecule has 4 rings (SSSR count). The van der Waals surface area contributed by atoms with Crippen LogP contribution in [0.2, 0.25) is 5.02 Å². The van der Waals surface area contributed by atoms with E-state index in [0.29, 0.717) is 47.5 Å². The van der Waals surface area contributed by atoms with E-state index in [-0.39, 0.29) is 6.61 Å². The van der Waals surface area contributed by atoms with Gasteiger partial charge in [-0.15, -0.1) is 0 Å². The lowest BCUT2D eigenvalue weighted by atomic mass is 10.0. The Kier molecular flexibility index (Phi) is 8.59. The molecule has 1 saturated carbocycles. The highest BCUT2D eigenvalue weighted by molar-refractivity contribution is 6.32. The lowest BCUT2D eigenvalue weighted by molar-refractivity contribution is -0.152. The van der Waals surface area contributed by atoms with Crippen molar-refractivity contribution in [1.82, 2.24) is 15.1 Å². The lowest BCUT2D eigenvalue weighted by Crippen LogP contribution is -2.25. The van der Waals surface area contributed by atoms with Crippen LogP contribution in [0.25, 0.3) is 22.8 Å². The number of pyridine rings is 1. The fraction of sp³-hybridized carbons (Fsp3) is 0.500. The third-order valence-corrected chi connectivity index (χ3v) is 6.31. The molecule has 1 aromatic carbocycles. The molecule has 8 nitrogen and oxygen atoms in total. The highest BCUT2D eigenvalue weighted by Gasteiger charge is 2.22. The number of hydrogen-bond acceptors (Lipinski definition) is 8. The van der Waals surface area contributed by atoms with Crippen LogP contribution in [-0.2, 0) is 9.47 Å². The Hall–Kier alpha value is -2.68. The van der Waals surface area contributed by atoms with Crippen molar-refractivity contribution in [1.29, 1.82) is 0 Å². The van der Waals surface area contributed by atoms with Gasteiger partial charge in [-0.05, 0) is 57.4 Å². The summed E-state index contributed by atoms with van der Waals surface area (Å²) in [5.74, 6) is 2.40. The quantitative estimate of drug-likeness (QED) is 0.287. The first kappa shape index (κ1) is 25.4. The number of rotatable bonds is 11. The van der Waals surface area contributed by atoms with Crippen LogP contribution < -0.4 is 9.47 Å². The van der Waals surface area contributed by atoms with E-state index in [0.717, 1.165) is 35.2 Å². The number of ether oxygens (including phenoxy) is 4. The molecule has 35 heavy (non-hydrogen) atoms. The summed E-state index contributed by atoms with van der Waals surface area (Å²) >= 11 is 6.56. The molecule has 188 valence electrons. The number of halogens is 1. The number of aromatic nitrogens is 3. The minimum atomic E-state index is -0.452. The molecule has 1 aliphatic rings. The van der Waals surface area contributed by atoms with Crippen molar-refractivity contribution in [3.05, 3.63) is 40.5 Å². The van der Waals surface area contributed by atoms with Gasteiger partial charge in [0.15, 0.2) is 6.29 Å². The Balaban J connectivity index is 1.55. The first-order valence-electron chi connectivity index (χ1n) is 12.1. The number of methoxy groups -OCH3 is 1. The second kappa shape index (κ2) is 11.8. The van der Waals surface area contributed by atoms with E-state index in [1.807, 2.05) is 39.0 Å². The molecule has 0 unspecified atom stereocenters. The summed E-state index contributed by atoms with van der Waals surface area (Å²) < 4.78 is 28.1. The van der Waals surface area contributed by atoms with Crippen molar-refractivity contribution in [3.8, 4) is 34.5 Å². The van der Waals surface area contributed by atoms with E-state index >= 15 is 0 Å². The minimum absolute atomic E-state index is 0.237. The molecular formula is C26H32ClN3O5. The van der Waals surface area contributed by atoms with Crippen molar-refractivity contribution >= 4 is 11.6 Å². The maximum absolute atomic E-state index is 6.56. The van der Waals surface area contributed by atoms with Gasteiger partial charge < -0.3 is 23.5 Å². The predicted octanol–water partition coefficient (Wildman–Crippen LogP) is 6.20. The monoisotopic (exact) mass is 501 g/mol. The van der Waals surface area contributed by atoms with Crippen molar-refractivity contribution in [3.63, 3.8) is 0 Å². The molecule has 3 aromatic rings. The average Bonchev–Trinajstić information content (AvgIpc) is 3.56. The number of hydrogen-bond donors (Lipinski definition) is 0. The topological polar surface area (TPSA) is 88.7 Å². The van der Waals surface area contributed by atoms with Crippen LogP contribution in [0, 0.1) is 6.92 Å². The molecule has 0 spiro atoms. The van der Waals surface area contributed by atoms with Crippen LogP contribution in [0.3, 0.4) is 0 Å². The van der Waals surface area contributed by atoms with Crippen LogP contribution in [0.4, 0.5) is 0 Å². The van der Waals surface area contributed by atoms with Gasteiger partial charge in [-0.3, -0.25) is 0 Å². The largest absolute Gasteiger partial charge is 0.486 e. The summed E-state index contributed by atoms with van der Waals surface area (Å²) in [6, 6.07) is 7.53. The molecule has 2 aromatic heterocycles. The molecule has 2 heterocycles. The van der Waals surface area contributed by atoms with Gasteiger partial charge in [0.2, 0.25) is 11.7 Å². The maximum Gasteiger partial charge on any atom is 0.258 e. The van der Waals surface area contributed by atoms with Crippen molar-refractivity contribution in [2.45, 2.75) is 58.7 Å². The summed E-state index contributed by atoms with van der Waals surface area (Å²) in [5, 5.41) is 4.64. The van der Waals surface area contributed by atoms with Gasteiger partial charge in [-0.1, -0.05) is 29.6 Å². The van der Waals surface area contributed by atoms with Crippen molar-refractivity contribution < 1.29 is 23.5 Å². The molecular weight excluding hydrogens is 470 g/mol. The molecule has 0 N–H and O–H groups in total. The van der Waals surface area contributed by atoms with E-state index in [1.54, 1.807) is 13.2 Å². The zero-order chi connectivity index (χ0) is 24.8. The molecule has 0 aliphatic heterocycles. The van der Waals surface area contributed by atoms with Crippen LogP contribution in [0.1, 0.15) is 56.7 Å². The van der Waals surface area contributed by atoms with Crippen LogP contribution >= 0.6 is 11.6 Å². The molecule has 0 radical (unpaired) electrons. The predicted molar refractivity (Wildman–Crippen MR) is 133 cm³/mol. The summed E-state index contributed by atoms with van der Waals surface area (Å²) in [5.41, 5.74) is 3.38. The van der Waals surface area contributed by atoms with Crippen molar-refractivity contribution in [2.75, 3.05) is 26.9 Å². The Labute approximate surface area is 210 Å². The summed E-state index contributed by atoms with van der Waals surface area (Å²) in [4.78, 5) is 9.28. The Morgan fingerprint density at radius 3 is 2.43 bits per heavy atom. The molecule has 0 atom stereocenters. The first-order valence-corrected chi connectivity index (χ1v) is 12.5. The smallest absolute Gasteiger partial charge is 0.258 e. The number of benzene rings is 1. The first-order chi connectivity index (χ1) is 17.0. The zero-order valence-corrected chi connectivity index (χ0v) is 21.4. The Bertz CT molecular complexity index is 1100. The highest BCUT2D eigenvalue weighted by atomic mass is 35.5. The summed E-state index contributed by atoms with van der Waals surface area (Å²) in [6.07, 6.45) is 4.27. The van der Waals surface area contributed by atoms with Crippen LogP contribution in [-0.4, -0.2) is 48.3 Å². The Morgan fingerprint density at radius 1 is 1.03 bits per heavy atom. The van der Waals surface area contributed by atoms with Crippen LogP contribution in [0.15, 0.2) is 28.8 Å². The van der Waals surface area contributed by atoms with Gasteiger partial charge in [0.05, 0.1) is 12.1 Å². The average molecular weight is 502 g/mol. The van der Waals surface area contributed by atoms with Gasteiger partial charge in [-0.2, -0.15) is 4.98 Å². The molecule has 1 aliphatic carbocycles. The third-order valence-electron chi connectivity index (χ3n) is 6.03. The maximum atomic E-state index is 6.56. The van der Waals surface area contributed by atoms with E-state index < -0.39 is 6.29 Å². The van der Waals surface area contributed by atoms with Gasteiger partial charge in [-0.25, -0.2) is 4.98 Å². The van der Waals surface area contributed by atoms with Gasteiger partial charge in [0, 0.05) is 42.0 Å². The second-order valence-electron chi connectivity index (χ2n) is 8.48. The Morgan fingerprint density at radius 2 is 1.77 bits per heavy atom. The standard InChI is InChI=1S/C26H32ClN3O5/c1-5-32-23(33-6-2)15-34-24-16(3)11-18(12-20(24)27)25-29-26(35-30-25)19-13-21(17-9-7-8-10-17)28-22(14-19)31-4/h11-14,17,23H,5-10,15H2,1-4H3. The SMILES string of the molecule is CCOC(COc1c(C)cc(-c2noc(-c3cc(OC)nc(C4CCCC4)c3)n2)cc1Cl)OCC. The van der Waals surface area contributed by atoms with Gasteiger partial charge in [0.1, 0.15) is 12.4 Å². The lowest BCUT2D eigenvalue weighted by Gasteiger charge is -2.19. The second-order valence-corrected chi connectivity index (χ2v) is 8.89. The van der Waals surface area contributed by atoms with Gasteiger partial charge >= 0.3 is 0 Å². The highest BCUT2D eigenvalue weighted by Crippen LogP contribution is 2.37. The van der Waals surface area contributed by atoms with E-state index in [1.165, 1.54) is 12.8 Å². The molecule has 0 bridgehead atoms. The summed E-state index contributed by atoms with van der Waals surface area (Å²) in [7, 11) is 1.61. The van der Waals surface area contributed by atoms with Gasteiger partial charge in [0.25, 0.3) is 5.89 Å².